The van der Waals surface area contributed by atoms with Gasteiger partial charge < -0.3 is 20.0 Å². The van der Waals surface area contributed by atoms with Crippen LogP contribution in [-0.2, 0) is 0 Å². The summed E-state index contributed by atoms with van der Waals surface area (Å²) in [6.45, 7) is 14.3. The average molecular weight is 415 g/mol. The Balaban J connectivity index is 0.000000271. The first-order valence-electron chi connectivity index (χ1n) is 9.37. The molecule has 0 aliphatic heterocycles. The van der Waals surface area contributed by atoms with Gasteiger partial charge in [0.05, 0.1) is 12.7 Å². The number of hydrogen-bond donors (Lipinski definition) is 2. The zero-order valence-corrected chi connectivity index (χ0v) is 18.9. The van der Waals surface area contributed by atoms with Gasteiger partial charge in [-0.25, -0.2) is 9.97 Å². The van der Waals surface area contributed by atoms with Crippen molar-refractivity contribution in [2.45, 2.75) is 59.7 Å². The van der Waals surface area contributed by atoms with Gasteiger partial charge in [0.2, 0.25) is 0 Å². The first-order chi connectivity index (χ1) is 12.8. The van der Waals surface area contributed by atoms with E-state index < -0.39 is 6.10 Å². The summed E-state index contributed by atoms with van der Waals surface area (Å²) < 4.78 is 0. The summed E-state index contributed by atoms with van der Waals surface area (Å²) in [5.41, 5.74) is 0. The van der Waals surface area contributed by atoms with Crippen LogP contribution in [0.3, 0.4) is 0 Å². The van der Waals surface area contributed by atoms with Crippen molar-refractivity contribution >= 4 is 32.9 Å². The highest BCUT2D eigenvalue weighted by Gasteiger charge is 2.16. The number of nitrogens with zero attached hydrogens (tertiary/aromatic N) is 4. The zero-order valence-electron chi connectivity index (χ0n) is 17.2. The summed E-state index contributed by atoms with van der Waals surface area (Å²) in [6, 6.07) is 0.802. The standard InChI is InChI=1S/C10H18N2S.C9H16N2O2S/c1-8(2)7-12(9(3)4)10-11-5-6-13-10;1-7(2)11(5-8(13)6-12)9-10-3-4-14-9/h5-6,8-9H,7H2,1-4H3;3-4,7-8,12-13H,5-6H2,1-2H3. The van der Waals surface area contributed by atoms with Crippen LogP contribution < -0.4 is 9.80 Å². The zero-order chi connectivity index (χ0) is 20.4. The minimum atomic E-state index is -0.707. The monoisotopic (exact) mass is 414 g/mol. The molecule has 0 amide bonds. The van der Waals surface area contributed by atoms with E-state index in [2.05, 4.69) is 42.6 Å². The van der Waals surface area contributed by atoms with E-state index in [0.29, 0.717) is 18.5 Å². The van der Waals surface area contributed by atoms with Crippen molar-refractivity contribution in [2.75, 3.05) is 29.5 Å². The molecule has 0 bridgehead atoms. The van der Waals surface area contributed by atoms with Crippen LogP contribution in [0, 0.1) is 5.92 Å². The second-order valence-corrected chi connectivity index (χ2v) is 9.10. The molecular weight excluding hydrogens is 380 g/mol. The molecule has 0 fully saturated rings. The Morgan fingerprint density at radius 2 is 1.30 bits per heavy atom. The molecular formula is C19H34N4O2S2. The number of aliphatic hydroxyl groups is 2. The number of aliphatic hydroxyl groups excluding tert-OH is 2. The maximum Gasteiger partial charge on any atom is 0.185 e. The van der Waals surface area contributed by atoms with E-state index in [4.69, 9.17) is 5.11 Å². The Bertz CT molecular complexity index is 589. The lowest BCUT2D eigenvalue weighted by molar-refractivity contribution is 0.0988. The third-order valence-electron chi connectivity index (χ3n) is 3.76. The van der Waals surface area contributed by atoms with Gasteiger partial charge in [-0.2, -0.15) is 0 Å². The molecule has 2 N–H and O–H groups in total. The molecule has 1 unspecified atom stereocenters. The van der Waals surface area contributed by atoms with E-state index in [1.165, 1.54) is 11.3 Å². The average Bonchev–Trinajstić information content (AvgIpc) is 3.30. The summed E-state index contributed by atoms with van der Waals surface area (Å²) in [5.74, 6) is 0.686. The quantitative estimate of drug-likeness (QED) is 0.651. The van der Waals surface area contributed by atoms with Crippen molar-refractivity contribution in [3.8, 4) is 0 Å². The van der Waals surface area contributed by atoms with Crippen LogP contribution in [0.15, 0.2) is 23.2 Å². The van der Waals surface area contributed by atoms with Crippen LogP contribution >= 0.6 is 22.7 Å². The Morgan fingerprint density at radius 3 is 1.59 bits per heavy atom. The second-order valence-electron chi connectivity index (χ2n) is 7.35. The molecule has 0 saturated carbocycles. The van der Waals surface area contributed by atoms with Gasteiger partial charge in [-0.15, -0.1) is 22.7 Å². The van der Waals surface area contributed by atoms with E-state index >= 15 is 0 Å². The lowest BCUT2D eigenvalue weighted by Gasteiger charge is -2.27. The molecule has 0 saturated heterocycles. The molecule has 0 aliphatic carbocycles. The first-order valence-corrected chi connectivity index (χ1v) is 11.1. The van der Waals surface area contributed by atoms with E-state index in [9.17, 15) is 5.11 Å². The Labute approximate surface area is 171 Å². The highest BCUT2D eigenvalue weighted by atomic mass is 32.1. The summed E-state index contributed by atoms with van der Waals surface area (Å²) >= 11 is 3.25. The SMILES string of the molecule is CC(C)CN(c1nccs1)C(C)C.CC(C)N(CC(O)CO)c1nccs1. The summed E-state index contributed by atoms with van der Waals surface area (Å²) in [5, 5.41) is 24.1. The number of anilines is 2. The van der Waals surface area contributed by atoms with Gasteiger partial charge in [0.15, 0.2) is 10.3 Å². The molecule has 0 radical (unpaired) electrons. The summed E-state index contributed by atoms with van der Waals surface area (Å²) in [4.78, 5) is 12.8. The Hall–Kier alpha value is -1.22. The largest absolute Gasteiger partial charge is 0.394 e. The van der Waals surface area contributed by atoms with Crippen molar-refractivity contribution in [2.24, 2.45) is 5.92 Å². The molecule has 0 aliphatic rings. The van der Waals surface area contributed by atoms with Gasteiger partial charge in [0.25, 0.3) is 0 Å². The molecule has 0 aromatic carbocycles. The smallest absolute Gasteiger partial charge is 0.185 e. The number of rotatable bonds is 9. The Kier molecular flexibility index (Phi) is 10.8. The van der Waals surface area contributed by atoms with Crippen LogP contribution in [0.4, 0.5) is 10.3 Å². The van der Waals surface area contributed by atoms with Crippen molar-refractivity contribution < 1.29 is 10.2 Å². The molecule has 154 valence electrons. The lowest BCUT2D eigenvalue weighted by atomic mass is 10.2. The van der Waals surface area contributed by atoms with Gasteiger partial charge in [0, 0.05) is 48.3 Å². The second kappa shape index (κ2) is 12.3. The van der Waals surface area contributed by atoms with Crippen LogP contribution in [0.2, 0.25) is 0 Å². The van der Waals surface area contributed by atoms with Gasteiger partial charge in [0.1, 0.15) is 0 Å². The van der Waals surface area contributed by atoms with Gasteiger partial charge in [-0.05, 0) is 33.6 Å². The van der Waals surface area contributed by atoms with E-state index in [1.54, 1.807) is 17.5 Å². The first kappa shape index (κ1) is 23.8. The van der Waals surface area contributed by atoms with Crippen molar-refractivity contribution in [3.63, 3.8) is 0 Å². The minimum Gasteiger partial charge on any atom is -0.394 e. The molecule has 2 aromatic rings. The molecule has 2 rings (SSSR count). The molecule has 0 spiro atoms. The van der Waals surface area contributed by atoms with E-state index in [1.807, 2.05) is 35.7 Å². The maximum atomic E-state index is 9.36. The summed E-state index contributed by atoms with van der Waals surface area (Å²) in [6.07, 6.45) is 2.90. The highest BCUT2D eigenvalue weighted by Crippen LogP contribution is 2.21. The fourth-order valence-electron chi connectivity index (χ4n) is 2.41. The third-order valence-corrected chi connectivity index (χ3v) is 5.37. The van der Waals surface area contributed by atoms with Crippen molar-refractivity contribution in [3.05, 3.63) is 23.2 Å². The van der Waals surface area contributed by atoms with E-state index in [-0.39, 0.29) is 12.6 Å². The van der Waals surface area contributed by atoms with Gasteiger partial charge >= 0.3 is 0 Å². The minimum absolute atomic E-state index is 0.214. The summed E-state index contributed by atoms with van der Waals surface area (Å²) in [7, 11) is 0. The van der Waals surface area contributed by atoms with Gasteiger partial charge in [-0.3, -0.25) is 0 Å². The third kappa shape index (κ3) is 8.55. The highest BCUT2D eigenvalue weighted by molar-refractivity contribution is 7.13. The lowest BCUT2D eigenvalue weighted by Crippen LogP contribution is -2.38. The van der Waals surface area contributed by atoms with Crippen molar-refractivity contribution in [1.82, 2.24) is 9.97 Å². The Morgan fingerprint density at radius 1 is 0.852 bits per heavy atom. The number of hydrogen-bond acceptors (Lipinski definition) is 8. The van der Waals surface area contributed by atoms with Crippen LogP contribution in [0.1, 0.15) is 41.5 Å². The molecule has 8 heteroatoms. The number of thiazole rings is 2. The van der Waals surface area contributed by atoms with E-state index in [0.717, 1.165) is 16.8 Å². The molecule has 1 atom stereocenters. The van der Waals surface area contributed by atoms with Gasteiger partial charge in [-0.1, -0.05) is 13.8 Å². The molecule has 6 nitrogen and oxygen atoms in total. The topological polar surface area (TPSA) is 72.7 Å². The maximum absolute atomic E-state index is 9.36. The van der Waals surface area contributed by atoms with Crippen LogP contribution in [0.25, 0.3) is 0 Å². The predicted molar refractivity (Wildman–Crippen MR) is 117 cm³/mol. The predicted octanol–water partition coefficient (Wildman–Crippen LogP) is 3.73. The fourth-order valence-corrected chi connectivity index (χ4v) is 3.99. The molecule has 27 heavy (non-hydrogen) atoms. The fraction of sp³-hybridized carbons (Fsp3) is 0.684. The number of aromatic nitrogens is 2. The molecule has 2 heterocycles. The van der Waals surface area contributed by atoms with Crippen molar-refractivity contribution in [1.29, 1.82) is 0 Å². The van der Waals surface area contributed by atoms with Crippen LogP contribution in [0.5, 0.6) is 0 Å². The molecule has 2 aromatic heterocycles. The normalized spacial score (nSPS) is 12.3. The van der Waals surface area contributed by atoms with Crippen LogP contribution in [-0.4, -0.2) is 58.1 Å².